The summed E-state index contributed by atoms with van der Waals surface area (Å²) in [5, 5.41) is 3.26. The van der Waals surface area contributed by atoms with Gasteiger partial charge in [0, 0.05) is 19.5 Å². The molecular formula is C14H22N2S. The van der Waals surface area contributed by atoms with Gasteiger partial charge in [-0.1, -0.05) is 39.3 Å². The summed E-state index contributed by atoms with van der Waals surface area (Å²) in [6.45, 7) is 8.81. The van der Waals surface area contributed by atoms with E-state index in [1.54, 1.807) is 0 Å². The molecule has 2 nitrogen and oxygen atoms in total. The lowest BCUT2D eigenvalue weighted by molar-refractivity contribution is 0.474. The quantitative estimate of drug-likeness (QED) is 0.833. The van der Waals surface area contributed by atoms with Gasteiger partial charge in [-0.15, -0.1) is 0 Å². The van der Waals surface area contributed by atoms with Crippen LogP contribution in [-0.4, -0.2) is 7.05 Å². The Balaban J connectivity index is 3.39. The molecule has 0 amide bonds. The van der Waals surface area contributed by atoms with Crippen LogP contribution in [0.15, 0.2) is 16.5 Å². The SMILES string of the molecule is CCCC(C)(C)c1ccc(C)c(N=S)c1NC. The van der Waals surface area contributed by atoms with Gasteiger partial charge in [0.05, 0.1) is 5.69 Å². The normalized spacial score (nSPS) is 11.4. The minimum Gasteiger partial charge on any atom is -0.386 e. The number of hydrogen-bond donors (Lipinski definition) is 1. The summed E-state index contributed by atoms with van der Waals surface area (Å²) in [5.74, 6) is 0. The fourth-order valence-corrected chi connectivity index (χ4v) is 2.62. The predicted molar refractivity (Wildman–Crippen MR) is 78.1 cm³/mol. The molecule has 1 aromatic carbocycles. The second-order valence-electron chi connectivity index (χ2n) is 5.13. The molecule has 0 spiro atoms. The molecule has 0 saturated heterocycles. The number of nitrogens with zero attached hydrogens (tertiary/aromatic N) is 1. The lowest BCUT2D eigenvalue weighted by Crippen LogP contribution is -2.18. The van der Waals surface area contributed by atoms with Crippen LogP contribution in [-0.2, 0) is 17.8 Å². The first-order chi connectivity index (χ1) is 7.97. The van der Waals surface area contributed by atoms with Crippen molar-refractivity contribution in [3.05, 3.63) is 23.3 Å². The molecule has 17 heavy (non-hydrogen) atoms. The van der Waals surface area contributed by atoms with Crippen molar-refractivity contribution < 1.29 is 0 Å². The van der Waals surface area contributed by atoms with Crippen LogP contribution >= 0.6 is 0 Å². The maximum Gasteiger partial charge on any atom is 0.103 e. The number of nitrogens with one attached hydrogen (secondary N) is 1. The molecule has 0 aliphatic rings. The first-order valence-electron chi connectivity index (χ1n) is 6.13. The Hall–Kier alpha value is -0.960. The van der Waals surface area contributed by atoms with Gasteiger partial charge in [0.15, 0.2) is 0 Å². The third-order valence-electron chi connectivity index (χ3n) is 3.33. The van der Waals surface area contributed by atoms with Crippen LogP contribution in [0.1, 0.15) is 44.7 Å². The summed E-state index contributed by atoms with van der Waals surface area (Å²) < 4.78 is 4.00. The van der Waals surface area contributed by atoms with Crippen LogP contribution in [0.2, 0.25) is 0 Å². The Morgan fingerprint density at radius 1 is 1.35 bits per heavy atom. The highest BCUT2D eigenvalue weighted by molar-refractivity contribution is 7.47. The first kappa shape index (κ1) is 14.1. The Morgan fingerprint density at radius 2 is 2.00 bits per heavy atom. The third-order valence-corrected chi connectivity index (χ3v) is 3.51. The molecule has 94 valence electrons. The monoisotopic (exact) mass is 250 g/mol. The number of aryl methyl sites for hydroxylation is 1. The molecule has 0 bridgehead atoms. The molecule has 0 aliphatic carbocycles. The zero-order valence-corrected chi connectivity index (χ0v) is 12.2. The molecule has 1 aromatic rings. The van der Waals surface area contributed by atoms with Crippen LogP contribution in [0.5, 0.6) is 0 Å². The van der Waals surface area contributed by atoms with E-state index in [9.17, 15) is 0 Å². The van der Waals surface area contributed by atoms with Crippen LogP contribution in [0.4, 0.5) is 11.4 Å². The summed E-state index contributed by atoms with van der Waals surface area (Å²) >= 11 is 4.89. The maximum absolute atomic E-state index is 4.89. The lowest BCUT2D eigenvalue weighted by Gasteiger charge is -2.28. The first-order valence-corrected chi connectivity index (χ1v) is 6.49. The maximum atomic E-state index is 4.89. The molecule has 0 aromatic heterocycles. The van der Waals surface area contributed by atoms with Crippen LogP contribution in [0.25, 0.3) is 0 Å². The summed E-state index contributed by atoms with van der Waals surface area (Å²) in [6, 6.07) is 4.31. The van der Waals surface area contributed by atoms with E-state index in [0.29, 0.717) is 0 Å². The van der Waals surface area contributed by atoms with Crippen molar-refractivity contribution >= 4 is 23.8 Å². The molecule has 0 unspecified atom stereocenters. The van der Waals surface area contributed by atoms with Crippen molar-refractivity contribution in [3.63, 3.8) is 0 Å². The van der Waals surface area contributed by atoms with Crippen molar-refractivity contribution in [2.75, 3.05) is 12.4 Å². The van der Waals surface area contributed by atoms with Gasteiger partial charge < -0.3 is 5.32 Å². The molecule has 0 radical (unpaired) electrons. The van der Waals surface area contributed by atoms with Gasteiger partial charge in [0.2, 0.25) is 0 Å². The Bertz CT molecular complexity index is 411. The standard InChI is InChI=1S/C14H22N2S/c1-6-9-14(3,4)11-8-7-10(2)12(16-17)13(11)15-5/h7-8,15H,6,9H2,1-5H3. The number of rotatable bonds is 5. The summed E-state index contributed by atoms with van der Waals surface area (Å²) in [5.41, 5.74) is 4.56. The molecule has 1 rings (SSSR count). The Morgan fingerprint density at radius 3 is 2.47 bits per heavy atom. The van der Waals surface area contributed by atoms with Gasteiger partial charge in [0.25, 0.3) is 0 Å². The van der Waals surface area contributed by atoms with Crippen molar-refractivity contribution in [2.45, 2.75) is 46.0 Å². The molecule has 0 atom stereocenters. The van der Waals surface area contributed by atoms with Crippen LogP contribution < -0.4 is 5.32 Å². The van der Waals surface area contributed by atoms with Crippen LogP contribution in [0, 0.1) is 6.92 Å². The zero-order valence-electron chi connectivity index (χ0n) is 11.4. The van der Waals surface area contributed by atoms with E-state index in [1.807, 2.05) is 14.0 Å². The van der Waals surface area contributed by atoms with Gasteiger partial charge >= 0.3 is 0 Å². The summed E-state index contributed by atoms with van der Waals surface area (Å²) in [4.78, 5) is 0. The molecule has 3 heteroatoms. The van der Waals surface area contributed by atoms with Gasteiger partial charge in [-0.25, -0.2) is 0 Å². The molecule has 1 N–H and O–H groups in total. The average Bonchev–Trinajstić information content (AvgIpc) is 2.27. The minimum absolute atomic E-state index is 0.148. The van der Waals surface area contributed by atoms with Crippen LogP contribution in [0.3, 0.4) is 0 Å². The third kappa shape index (κ3) is 2.83. The Labute approximate surface area is 110 Å². The predicted octanol–water partition coefficient (Wildman–Crippen LogP) is 4.48. The topological polar surface area (TPSA) is 24.4 Å². The summed E-state index contributed by atoms with van der Waals surface area (Å²) in [6.07, 6.45) is 2.33. The second kappa shape index (κ2) is 5.58. The molecule has 0 fully saturated rings. The Kier molecular flexibility index (Phi) is 4.63. The fourth-order valence-electron chi connectivity index (χ4n) is 2.39. The average molecular weight is 250 g/mol. The largest absolute Gasteiger partial charge is 0.386 e. The zero-order chi connectivity index (χ0) is 13.1. The van der Waals surface area contributed by atoms with E-state index < -0.39 is 0 Å². The molecule has 0 aliphatic heterocycles. The van der Waals surface area contributed by atoms with E-state index in [4.69, 9.17) is 12.4 Å². The molecule has 0 saturated carbocycles. The highest BCUT2D eigenvalue weighted by atomic mass is 32.1. The molecule has 0 heterocycles. The lowest BCUT2D eigenvalue weighted by atomic mass is 9.79. The van der Waals surface area contributed by atoms with Crippen molar-refractivity contribution in [1.82, 2.24) is 0 Å². The number of benzene rings is 1. The highest BCUT2D eigenvalue weighted by Crippen LogP contribution is 2.40. The van der Waals surface area contributed by atoms with E-state index in [-0.39, 0.29) is 5.41 Å². The minimum atomic E-state index is 0.148. The second-order valence-corrected chi connectivity index (χ2v) is 5.31. The van der Waals surface area contributed by atoms with Gasteiger partial charge in [-0.05, 0) is 29.9 Å². The fraction of sp³-hybridized carbons (Fsp3) is 0.571. The van der Waals surface area contributed by atoms with Crippen molar-refractivity contribution in [3.8, 4) is 0 Å². The van der Waals surface area contributed by atoms with E-state index >= 15 is 0 Å². The van der Waals surface area contributed by atoms with Gasteiger partial charge in [0.1, 0.15) is 5.69 Å². The van der Waals surface area contributed by atoms with E-state index in [0.717, 1.165) is 23.4 Å². The highest BCUT2D eigenvalue weighted by Gasteiger charge is 2.24. The van der Waals surface area contributed by atoms with Gasteiger partial charge in [-0.2, -0.15) is 4.36 Å². The smallest absolute Gasteiger partial charge is 0.103 e. The number of hydrogen-bond acceptors (Lipinski definition) is 3. The van der Waals surface area contributed by atoms with Crippen molar-refractivity contribution in [1.29, 1.82) is 0 Å². The number of anilines is 1. The van der Waals surface area contributed by atoms with Crippen molar-refractivity contribution in [2.24, 2.45) is 4.36 Å². The van der Waals surface area contributed by atoms with E-state index in [1.165, 1.54) is 12.0 Å². The van der Waals surface area contributed by atoms with E-state index in [2.05, 4.69) is 42.6 Å². The summed E-state index contributed by atoms with van der Waals surface area (Å²) in [7, 11) is 1.93. The van der Waals surface area contributed by atoms with Gasteiger partial charge in [-0.3, -0.25) is 0 Å². The molecular weight excluding hydrogens is 228 g/mol.